The average molecular weight is 178 g/mol. The SMILES string of the molecule is OCc1ccc2c(c1)CCCCO2. The molecule has 0 amide bonds. The maximum absolute atomic E-state index is 8.97. The van der Waals surface area contributed by atoms with Gasteiger partial charge in [0, 0.05) is 0 Å². The molecule has 0 unspecified atom stereocenters. The normalized spacial score (nSPS) is 15.8. The summed E-state index contributed by atoms with van der Waals surface area (Å²) in [4.78, 5) is 0. The predicted octanol–water partition coefficient (Wildman–Crippen LogP) is 1.89. The first-order valence-corrected chi connectivity index (χ1v) is 4.75. The van der Waals surface area contributed by atoms with Crippen LogP contribution in [0.4, 0.5) is 0 Å². The molecule has 1 aliphatic rings. The van der Waals surface area contributed by atoms with Gasteiger partial charge in [0.15, 0.2) is 0 Å². The molecule has 0 atom stereocenters. The highest BCUT2D eigenvalue weighted by Gasteiger charge is 2.08. The highest BCUT2D eigenvalue weighted by molar-refractivity contribution is 5.37. The maximum atomic E-state index is 8.97. The minimum atomic E-state index is 0.118. The topological polar surface area (TPSA) is 29.5 Å². The van der Waals surface area contributed by atoms with Crippen molar-refractivity contribution in [3.8, 4) is 5.75 Å². The van der Waals surface area contributed by atoms with E-state index in [0.717, 1.165) is 30.8 Å². The third kappa shape index (κ3) is 1.83. The Morgan fingerprint density at radius 1 is 1.31 bits per heavy atom. The van der Waals surface area contributed by atoms with Crippen molar-refractivity contribution in [2.24, 2.45) is 0 Å². The maximum Gasteiger partial charge on any atom is 0.122 e. The van der Waals surface area contributed by atoms with Crippen LogP contribution in [0.3, 0.4) is 0 Å². The Hall–Kier alpha value is -1.02. The molecule has 1 aliphatic heterocycles. The van der Waals surface area contributed by atoms with Gasteiger partial charge in [-0.2, -0.15) is 0 Å². The Bertz CT molecular complexity index is 294. The largest absolute Gasteiger partial charge is 0.493 e. The monoisotopic (exact) mass is 178 g/mol. The van der Waals surface area contributed by atoms with E-state index in [1.807, 2.05) is 18.2 Å². The summed E-state index contributed by atoms with van der Waals surface area (Å²) in [7, 11) is 0. The van der Waals surface area contributed by atoms with Gasteiger partial charge in [0.25, 0.3) is 0 Å². The van der Waals surface area contributed by atoms with E-state index in [9.17, 15) is 0 Å². The van der Waals surface area contributed by atoms with Crippen LogP contribution in [0, 0.1) is 0 Å². The summed E-state index contributed by atoms with van der Waals surface area (Å²) >= 11 is 0. The van der Waals surface area contributed by atoms with Crippen LogP contribution >= 0.6 is 0 Å². The van der Waals surface area contributed by atoms with Crippen molar-refractivity contribution in [1.82, 2.24) is 0 Å². The van der Waals surface area contributed by atoms with E-state index in [0.29, 0.717) is 0 Å². The van der Waals surface area contributed by atoms with Gasteiger partial charge in [-0.15, -0.1) is 0 Å². The highest BCUT2D eigenvalue weighted by atomic mass is 16.5. The Morgan fingerprint density at radius 2 is 2.23 bits per heavy atom. The van der Waals surface area contributed by atoms with Gasteiger partial charge in [-0.05, 0) is 42.5 Å². The van der Waals surface area contributed by atoms with Gasteiger partial charge in [0.05, 0.1) is 13.2 Å². The van der Waals surface area contributed by atoms with Gasteiger partial charge >= 0.3 is 0 Å². The fourth-order valence-electron chi connectivity index (χ4n) is 1.67. The van der Waals surface area contributed by atoms with E-state index in [1.54, 1.807) is 0 Å². The Kier molecular flexibility index (Phi) is 2.50. The van der Waals surface area contributed by atoms with Crippen molar-refractivity contribution in [3.63, 3.8) is 0 Å². The lowest BCUT2D eigenvalue weighted by molar-refractivity contribution is 0.281. The van der Waals surface area contributed by atoms with E-state index in [1.165, 1.54) is 12.0 Å². The number of fused-ring (bicyclic) bond motifs is 1. The van der Waals surface area contributed by atoms with Crippen LogP contribution in [0.2, 0.25) is 0 Å². The molecule has 2 heteroatoms. The number of hydrogen-bond donors (Lipinski definition) is 1. The zero-order chi connectivity index (χ0) is 9.10. The third-order valence-corrected chi connectivity index (χ3v) is 2.41. The van der Waals surface area contributed by atoms with Gasteiger partial charge in [-0.3, -0.25) is 0 Å². The number of hydrogen-bond acceptors (Lipinski definition) is 2. The molecule has 70 valence electrons. The molecular weight excluding hydrogens is 164 g/mol. The lowest BCUT2D eigenvalue weighted by Gasteiger charge is -2.07. The second kappa shape index (κ2) is 3.79. The molecule has 0 saturated heterocycles. The first kappa shape index (κ1) is 8.57. The molecule has 0 bridgehead atoms. The molecule has 2 nitrogen and oxygen atoms in total. The summed E-state index contributed by atoms with van der Waals surface area (Å²) in [5.41, 5.74) is 2.22. The summed E-state index contributed by atoms with van der Waals surface area (Å²) in [6, 6.07) is 5.93. The van der Waals surface area contributed by atoms with Gasteiger partial charge in [0.2, 0.25) is 0 Å². The van der Waals surface area contributed by atoms with E-state index in [4.69, 9.17) is 9.84 Å². The van der Waals surface area contributed by atoms with E-state index in [-0.39, 0.29) is 6.61 Å². The molecule has 0 radical (unpaired) electrons. The summed E-state index contributed by atoms with van der Waals surface area (Å²) in [5.74, 6) is 0.995. The van der Waals surface area contributed by atoms with Gasteiger partial charge in [0.1, 0.15) is 5.75 Å². The average Bonchev–Trinajstić information content (AvgIpc) is 2.41. The molecule has 1 aromatic rings. The summed E-state index contributed by atoms with van der Waals surface area (Å²) in [6.07, 6.45) is 3.38. The molecular formula is C11H14O2. The molecule has 0 saturated carbocycles. The van der Waals surface area contributed by atoms with Crippen LogP contribution in [0.15, 0.2) is 18.2 Å². The highest BCUT2D eigenvalue weighted by Crippen LogP contribution is 2.24. The lowest BCUT2D eigenvalue weighted by Crippen LogP contribution is -1.95. The lowest BCUT2D eigenvalue weighted by atomic mass is 10.1. The van der Waals surface area contributed by atoms with Crippen molar-refractivity contribution in [1.29, 1.82) is 0 Å². The van der Waals surface area contributed by atoms with Crippen LogP contribution in [0.1, 0.15) is 24.0 Å². The molecule has 1 heterocycles. The summed E-state index contributed by atoms with van der Waals surface area (Å²) in [5, 5.41) is 8.97. The van der Waals surface area contributed by atoms with Crippen molar-refractivity contribution >= 4 is 0 Å². The van der Waals surface area contributed by atoms with E-state index >= 15 is 0 Å². The van der Waals surface area contributed by atoms with Gasteiger partial charge < -0.3 is 9.84 Å². The Morgan fingerprint density at radius 3 is 3.08 bits per heavy atom. The van der Waals surface area contributed by atoms with Crippen molar-refractivity contribution in [2.75, 3.05) is 6.61 Å². The molecule has 2 rings (SSSR count). The van der Waals surface area contributed by atoms with Crippen molar-refractivity contribution < 1.29 is 9.84 Å². The first-order chi connectivity index (χ1) is 6.40. The smallest absolute Gasteiger partial charge is 0.122 e. The van der Waals surface area contributed by atoms with E-state index in [2.05, 4.69) is 0 Å². The van der Waals surface area contributed by atoms with Crippen LogP contribution in [0.25, 0.3) is 0 Å². The number of aryl methyl sites for hydroxylation is 1. The van der Waals surface area contributed by atoms with Crippen LogP contribution in [0.5, 0.6) is 5.75 Å². The van der Waals surface area contributed by atoms with Crippen molar-refractivity contribution in [3.05, 3.63) is 29.3 Å². The minimum absolute atomic E-state index is 0.118. The van der Waals surface area contributed by atoms with Gasteiger partial charge in [-0.25, -0.2) is 0 Å². The summed E-state index contributed by atoms with van der Waals surface area (Å²) in [6.45, 7) is 0.943. The fraction of sp³-hybridized carbons (Fsp3) is 0.455. The van der Waals surface area contributed by atoms with Crippen LogP contribution < -0.4 is 4.74 Å². The predicted molar refractivity (Wildman–Crippen MR) is 50.8 cm³/mol. The number of aliphatic hydroxyl groups excluding tert-OH is 1. The first-order valence-electron chi connectivity index (χ1n) is 4.75. The molecule has 0 fully saturated rings. The Labute approximate surface area is 78.2 Å². The fourth-order valence-corrected chi connectivity index (χ4v) is 1.67. The Balaban J connectivity index is 2.32. The second-order valence-corrected chi connectivity index (χ2v) is 3.41. The second-order valence-electron chi connectivity index (χ2n) is 3.41. The standard InChI is InChI=1S/C11H14O2/c12-8-9-4-5-11-10(7-9)3-1-2-6-13-11/h4-5,7,12H,1-3,6,8H2. The number of benzene rings is 1. The van der Waals surface area contributed by atoms with Crippen LogP contribution in [-0.4, -0.2) is 11.7 Å². The molecule has 0 aliphatic carbocycles. The molecule has 1 N–H and O–H groups in total. The number of rotatable bonds is 1. The van der Waals surface area contributed by atoms with Gasteiger partial charge in [-0.1, -0.05) is 6.07 Å². The summed E-state index contributed by atoms with van der Waals surface area (Å²) < 4.78 is 5.57. The minimum Gasteiger partial charge on any atom is -0.493 e. The molecule has 0 aromatic heterocycles. The zero-order valence-electron chi connectivity index (χ0n) is 7.62. The van der Waals surface area contributed by atoms with Crippen molar-refractivity contribution in [2.45, 2.75) is 25.9 Å². The number of ether oxygens (including phenoxy) is 1. The third-order valence-electron chi connectivity index (χ3n) is 2.41. The van der Waals surface area contributed by atoms with Crippen LogP contribution in [-0.2, 0) is 13.0 Å². The molecule has 13 heavy (non-hydrogen) atoms. The quantitative estimate of drug-likeness (QED) is 0.711. The molecule has 1 aromatic carbocycles. The van der Waals surface area contributed by atoms with E-state index < -0.39 is 0 Å². The zero-order valence-corrected chi connectivity index (χ0v) is 7.62. The molecule has 0 spiro atoms. The number of aliphatic hydroxyl groups is 1.